The predicted molar refractivity (Wildman–Crippen MR) is 55.4 cm³/mol. The van der Waals surface area contributed by atoms with E-state index in [2.05, 4.69) is 0 Å². The topological polar surface area (TPSA) is 48.4 Å². The first-order valence-corrected chi connectivity index (χ1v) is 4.52. The van der Waals surface area contributed by atoms with Crippen LogP contribution in [0.15, 0.2) is 22.6 Å². The second kappa shape index (κ2) is 3.35. The van der Waals surface area contributed by atoms with Gasteiger partial charge in [0.1, 0.15) is 5.76 Å². The number of aryl methyl sites for hydroxylation is 1. The van der Waals surface area contributed by atoms with Crippen molar-refractivity contribution in [2.24, 2.45) is 5.73 Å². The second-order valence-corrected chi connectivity index (χ2v) is 3.24. The lowest BCUT2D eigenvalue weighted by Gasteiger charge is -2.01. The molecule has 0 fully saturated rings. The number of nitrogens with two attached hydrogens (primary N) is 1. The Balaban J connectivity index is 2.74. The van der Waals surface area contributed by atoms with E-state index in [4.69, 9.17) is 14.9 Å². The summed E-state index contributed by atoms with van der Waals surface area (Å²) in [6.07, 6.45) is 0. The van der Waals surface area contributed by atoms with Gasteiger partial charge in [0.05, 0.1) is 13.7 Å². The van der Waals surface area contributed by atoms with Gasteiger partial charge in [0.2, 0.25) is 0 Å². The molecule has 2 aromatic rings. The average Bonchev–Trinajstić information content (AvgIpc) is 2.63. The van der Waals surface area contributed by atoms with E-state index < -0.39 is 0 Å². The van der Waals surface area contributed by atoms with Crippen LogP contribution in [0, 0.1) is 6.92 Å². The van der Waals surface area contributed by atoms with Crippen molar-refractivity contribution in [2.75, 3.05) is 7.11 Å². The fourth-order valence-electron chi connectivity index (χ4n) is 1.55. The van der Waals surface area contributed by atoms with E-state index in [9.17, 15) is 0 Å². The SMILES string of the molecule is COc1ccc(C)c2cc(CN)oc12. The van der Waals surface area contributed by atoms with E-state index in [1.54, 1.807) is 7.11 Å². The van der Waals surface area contributed by atoms with E-state index in [1.165, 1.54) is 5.56 Å². The quantitative estimate of drug-likeness (QED) is 0.791. The molecule has 0 saturated carbocycles. The number of hydrogen-bond acceptors (Lipinski definition) is 3. The van der Waals surface area contributed by atoms with Crippen molar-refractivity contribution in [3.05, 3.63) is 29.5 Å². The molecule has 3 nitrogen and oxygen atoms in total. The van der Waals surface area contributed by atoms with Crippen molar-refractivity contribution in [3.63, 3.8) is 0 Å². The summed E-state index contributed by atoms with van der Waals surface area (Å²) in [5, 5.41) is 1.07. The zero-order valence-electron chi connectivity index (χ0n) is 8.33. The molecule has 0 amide bonds. The highest BCUT2D eigenvalue weighted by Crippen LogP contribution is 2.30. The molecule has 0 spiro atoms. The predicted octanol–water partition coefficient (Wildman–Crippen LogP) is 2.21. The number of methoxy groups -OCH3 is 1. The normalized spacial score (nSPS) is 10.8. The molecule has 1 aromatic heterocycles. The Morgan fingerprint density at radius 3 is 2.86 bits per heavy atom. The van der Waals surface area contributed by atoms with Crippen LogP contribution in [-0.4, -0.2) is 7.11 Å². The number of furan rings is 1. The molecule has 0 saturated heterocycles. The highest BCUT2D eigenvalue weighted by molar-refractivity contribution is 5.86. The Labute approximate surface area is 82.5 Å². The highest BCUT2D eigenvalue weighted by Gasteiger charge is 2.09. The fourth-order valence-corrected chi connectivity index (χ4v) is 1.55. The molecule has 0 aliphatic rings. The first-order chi connectivity index (χ1) is 6.76. The van der Waals surface area contributed by atoms with Gasteiger partial charge >= 0.3 is 0 Å². The van der Waals surface area contributed by atoms with Gasteiger partial charge in [-0.15, -0.1) is 0 Å². The molecule has 1 heterocycles. The lowest BCUT2D eigenvalue weighted by atomic mass is 10.1. The maximum Gasteiger partial charge on any atom is 0.176 e. The first kappa shape index (κ1) is 9.09. The minimum Gasteiger partial charge on any atom is -0.493 e. The molecule has 14 heavy (non-hydrogen) atoms. The number of hydrogen-bond donors (Lipinski definition) is 1. The smallest absolute Gasteiger partial charge is 0.176 e. The number of ether oxygens (including phenoxy) is 1. The summed E-state index contributed by atoms with van der Waals surface area (Å²) in [6.45, 7) is 2.45. The third kappa shape index (κ3) is 1.26. The van der Waals surface area contributed by atoms with Gasteiger partial charge in [0.25, 0.3) is 0 Å². The second-order valence-electron chi connectivity index (χ2n) is 3.24. The molecule has 3 heteroatoms. The van der Waals surface area contributed by atoms with Crippen molar-refractivity contribution >= 4 is 11.0 Å². The van der Waals surface area contributed by atoms with Gasteiger partial charge in [0, 0.05) is 5.39 Å². The molecular formula is C11H13NO2. The molecule has 2 N–H and O–H groups in total. The van der Waals surface area contributed by atoms with E-state index in [1.807, 2.05) is 25.1 Å². The summed E-state index contributed by atoms with van der Waals surface area (Å²) in [5.41, 5.74) is 7.48. The third-order valence-electron chi connectivity index (χ3n) is 2.34. The van der Waals surface area contributed by atoms with Crippen LogP contribution < -0.4 is 10.5 Å². The summed E-state index contributed by atoms with van der Waals surface area (Å²) in [7, 11) is 1.63. The summed E-state index contributed by atoms with van der Waals surface area (Å²) in [5.74, 6) is 1.54. The third-order valence-corrected chi connectivity index (χ3v) is 2.34. The molecule has 0 radical (unpaired) electrons. The van der Waals surface area contributed by atoms with Crippen molar-refractivity contribution in [3.8, 4) is 5.75 Å². The monoisotopic (exact) mass is 191 g/mol. The van der Waals surface area contributed by atoms with Gasteiger partial charge in [-0.1, -0.05) is 6.07 Å². The molecule has 1 aromatic carbocycles. The van der Waals surface area contributed by atoms with Crippen molar-refractivity contribution in [1.29, 1.82) is 0 Å². The van der Waals surface area contributed by atoms with Gasteiger partial charge in [0.15, 0.2) is 11.3 Å². The van der Waals surface area contributed by atoms with Crippen LogP contribution in [0.1, 0.15) is 11.3 Å². The minimum absolute atomic E-state index is 0.414. The zero-order chi connectivity index (χ0) is 10.1. The highest BCUT2D eigenvalue weighted by atomic mass is 16.5. The molecule has 74 valence electrons. The van der Waals surface area contributed by atoms with Crippen LogP contribution in [0.3, 0.4) is 0 Å². The minimum atomic E-state index is 0.414. The fraction of sp³-hybridized carbons (Fsp3) is 0.273. The standard InChI is InChI=1S/C11H13NO2/c1-7-3-4-10(13-2)11-9(7)5-8(6-12)14-11/h3-5H,6,12H2,1-2H3. The molecule has 0 bridgehead atoms. The van der Waals surface area contributed by atoms with Crippen LogP contribution in [0.5, 0.6) is 5.75 Å². The largest absolute Gasteiger partial charge is 0.493 e. The van der Waals surface area contributed by atoms with E-state index in [-0.39, 0.29) is 0 Å². The lowest BCUT2D eigenvalue weighted by molar-refractivity contribution is 0.407. The molecule has 0 atom stereocenters. The van der Waals surface area contributed by atoms with Gasteiger partial charge < -0.3 is 14.9 Å². The maximum absolute atomic E-state index is 5.57. The molecular weight excluding hydrogens is 178 g/mol. The van der Waals surface area contributed by atoms with Gasteiger partial charge in [-0.3, -0.25) is 0 Å². The first-order valence-electron chi connectivity index (χ1n) is 4.52. The van der Waals surface area contributed by atoms with E-state index in [0.717, 1.165) is 22.5 Å². The average molecular weight is 191 g/mol. The lowest BCUT2D eigenvalue weighted by Crippen LogP contribution is -1.92. The maximum atomic E-state index is 5.57. The van der Waals surface area contributed by atoms with Crippen molar-refractivity contribution < 1.29 is 9.15 Å². The Kier molecular flexibility index (Phi) is 2.17. The van der Waals surface area contributed by atoms with Crippen LogP contribution in [0.2, 0.25) is 0 Å². The molecule has 2 rings (SSSR count). The molecule has 0 aliphatic carbocycles. The van der Waals surface area contributed by atoms with Crippen LogP contribution in [0.25, 0.3) is 11.0 Å². The van der Waals surface area contributed by atoms with Crippen molar-refractivity contribution in [2.45, 2.75) is 13.5 Å². The van der Waals surface area contributed by atoms with Crippen molar-refractivity contribution in [1.82, 2.24) is 0 Å². The van der Waals surface area contributed by atoms with Gasteiger partial charge in [-0.2, -0.15) is 0 Å². The Bertz CT molecular complexity index is 460. The van der Waals surface area contributed by atoms with Crippen LogP contribution in [0.4, 0.5) is 0 Å². The summed E-state index contributed by atoms with van der Waals surface area (Å²) in [4.78, 5) is 0. The van der Waals surface area contributed by atoms with Gasteiger partial charge in [-0.05, 0) is 24.6 Å². The molecule has 0 aliphatic heterocycles. The van der Waals surface area contributed by atoms with E-state index in [0.29, 0.717) is 6.54 Å². The van der Waals surface area contributed by atoms with E-state index >= 15 is 0 Å². The summed E-state index contributed by atoms with van der Waals surface area (Å²) >= 11 is 0. The van der Waals surface area contributed by atoms with Gasteiger partial charge in [-0.25, -0.2) is 0 Å². The summed E-state index contributed by atoms with van der Waals surface area (Å²) in [6, 6.07) is 5.88. The number of fused-ring (bicyclic) bond motifs is 1. The number of rotatable bonds is 2. The summed E-state index contributed by atoms with van der Waals surface area (Å²) < 4.78 is 10.8. The Hall–Kier alpha value is -1.48. The Morgan fingerprint density at radius 2 is 2.21 bits per heavy atom. The number of benzene rings is 1. The Morgan fingerprint density at radius 1 is 1.43 bits per heavy atom. The van der Waals surface area contributed by atoms with Crippen LogP contribution >= 0.6 is 0 Å². The molecule has 0 unspecified atom stereocenters. The zero-order valence-corrected chi connectivity index (χ0v) is 8.33. The van der Waals surface area contributed by atoms with Crippen LogP contribution in [-0.2, 0) is 6.54 Å².